The van der Waals surface area contributed by atoms with Crippen LogP contribution < -0.4 is 4.74 Å². The molecule has 3 aliphatic rings. The molecule has 2 bridgehead atoms. The van der Waals surface area contributed by atoms with Gasteiger partial charge >= 0.3 is 5.97 Å². The molecule has 1 aromatic carbocycles. The van der Waals surface area contributed by atoms with Crippen LogP contribution >= 0.6 is 0 Å². The Morgan fingerprint density at radius 3 is 2.82 bits per heavy atom. The Bertz CT molecular complexity index is 708. The lowest BCUT2D eigenvalue weighted by Crippen LogP contribution is -2.45. The van der Waals surface area contributed by atoms with Crippen LogP contribution in [-0.4, -0.2) is 68.1 Å². The second-order valence-electron chi connectivity index (χ2n) is 7.78. The van der Waals surface area contributed by atoms with Gasteiger partial charge in [0.15, 0.2) is 11.6 Å². The number of fused-ring (bicyclic) bond motifs is 2. The third kappa shape index (κ3) is 4.02. The van der Waals surface area contributed by atoms with E-state index in [9.17, 15) is 9.18 Å². The maximum Gasteiger partial charge on any atom is 0.338 e. The van der Waals surface area contributed by atoms with E-state index in [0.29, 0.717) is 31.9 Å². The fourth-order valence-corrected chi connectivity index (χ4v) is 4.41. The van der Waals surface area contributed by atoms with Crippen LogP contribution in [0.15, 0.2) is 18.2 Å². The number of esters is 1. The number of benzene rings is 1. The van der Waals surface area contributed by atoms with Crippen molar-refractivity contribution in [1.82, 2.24) is 4.90 Å². The van der Waals surface area contributed by atoms with Gasteiger partial charge in [0.2, 0.25) is 0 Å². The fourth-order valence-electron chi connectivity index (χ4n) is 4.41. The van der Waals surface area contributed by atoms with Crippen molar-refractivity contribution >= 4 is 5.97 Å². The molecule has 154 valence electrons. The van der Waals surface area contributed by atoms with Crippen molar-refractivity contribution in [1.29, 1.82) is 0 Å². The summed E-state index contributed by atoms with van der Waals surface area (Å²) in [5.74, 6) is -0.839. The van der Waals surface area contributed by atoms with Gasteiger partial charge in [-0.15, -0.1) is 0 Å². The normalized spacial score (nSPS) is 29.8. The molecule has 7 heteroatoms. The molecule has 3 heterocycles. The number of nitrogens with zero attached hydrogens (tertiary/aromatic N) is 1. The Balaban J connectivity index is 1.38. The molecule has 3 saturated heterocycles. The third-order valence-corrected chi connectivity index (χ3v) is 6.09. The van der Waals surface area contributed by atoms with Gasteiger partial charge in [0.1, 0.15) is 12.2 Å². The van der Waals surface area contributed by atoms with Gasteiger partial charge < -0.3 is 18.9 Å². The molecule has 3 aliphatic heterocycles. The summed E-state index contributed by atoms with van der Waals surface area (Å²) in [5, 5.41) is 0. The number of morpholine rings is 1. The van der Waals surface area contributed by atoms with E-state index in [-0.39, 0.29) is 18.0 Å². The molecule has 3 atom stereocenters. The summed E-state index contributed by atoms with van der Waals surface area (Å²) < 4.78 is 37.1. The lowest BCUT2D eigenvalue weighted by Gasteiger charge is -2.35. The van der Waals surface area contributed by atoms with Crippen LogP contribution in [0.2, 0.25) is 0 Å². The maximum atomic E-state index is 14.4. The molecule has 1 aromatic rings. The van der Waals surface area contributed by atoms with E-state index < -0.39 is 17.4 Å². The second-order valence-corrected chi connectivity index (χ2v) is 7.78. The number of hydrogen-bond donors (Lipinski definition) is 0. The van der Waals surface area contributed by atoms with Crippen LogP contribution in [0.4, 0.5) is 4.39 Å². The highest BCUT2D eigenvalue weighted by molar-refractivity contribution is 5.89. The van der Waals surface area contributed by atoms with Crippen LogP contribution in [0.5, 0.6) is 5.75 Å². The summed E-state index contributed by atoms with van der Waals surface area (Å²) in [7, 11) is 0. The second kappa shape index (κ2) is 8.35. The van der Waals surface area contributed by atoms with Gasteiger partial charge in [0.05, 0.1) is 31.0 Å². The van der Waals surface area contributed by atoms with Crippen molar-refractivity contribution in [3.63, 3.8) is 0 Å². The lowest BCUT2D eigenvalue weighted by molar-refractivity contribution is -0.0136. The highest BCUT2D eigenvalue weighted by Gasteiger charge is 2.53. The molecule has 6 nitrogen and oxygen atoms in total. The molecule has 0 radical (unpaired) electrons. The molecule has 0 spiro atoms. The van der Waals surface area contributed by atoms with Gasteiger partial charge in [0, 0.05) is 26.1 Å². The maximum absolute atomic E-state index is 14.4. The first-order valence-corrected chi connectivity index (χ1v) is 10.2. The first-order valence-electron chi connectivity index (χ1n) is 10.2. The number of ether oxygens (including phenoxy) is 4. The highest BCUT2D eigenvalue weighted by Crippen LogP contribution is 2.46. The van der Waals surface area contributed by atoms with Gasteiger partial charge in [-0.25, -0.2) is 9.18 Å². The zero-order valence-electron chi connectivity index (χ0n) is 16.3. The summed E-state index contributed by atoms with van der Waals surface area (Å²) in [6, 6.07) is 4.16. The average Bonchev–Trinajstić information content (AvgIpc) is 3.32. The van der Waals surface area contributed by atoms with Crippen molar-refractivity contribution in [2.45, 2.75) is 50.4 Å². The predicted octanol–water partition coefficient (Wildman–Crippen LogP) is 2.79. The minimum absolute atomic E-state index is 0.00831. The topological polar surface area (TPSA) is 57.2 Å². The Labute approximate surface area is 164 Å². The molecule has 4 rings (SSSR count). The smallest absolute Gasteiger partial charge is 0.338 e. The van der Waals surface area contributed by atoms with E-state index in [1.54, 1.807) is 0 Å². The van der Waals surface area contributed by atoms with Gasteiger partial charge in [-0.05, 0) is 37.5 Å². The molecule has 0 amide bonds. The van der Waals surface area contributed by atoms with Crippen molar-refractivity contribution in [2.75, 3.05) is 39.5 Å². The first kappa shape index (κ1) is 19.6. The van der Waals surface area contributed by atoms with Crippen LogP contribution in [0.25, 0.3) is 0 Å². The van der Waals surface area contributed by atoms with Crippen molar-refractivity contribution in [3.8, 4) is 5.75 Å². The van der Waals surface area contributed by atoms with Crippen LogP contribution in [0.3, 0.4) is 0 Å². The number of carbonyl (C=O) groups excluding carboxylic acids is 1. The standard InChI is InChI=1S/C21H28FNO5/c1-2-21(14-16-4-6-19(21)27-16)28-18-13-15(3-5-17(18)22)20(24)26-12-9-23-7-10-25-11-8-23/h3,5,13,16,19H,2,4,6-12,14H2,1H3. The molecule has 0 aliphatic carbocycles. The molecule has 3 fully saturated rings. The Morgan fingerprint density at radius 1 is 1.32 bits per heavy atom. The van der Waals surface area contributed by atoms with Crippen LogP contribution in [-0.2, 0) is 14.2 Å². The first-order chi connectivity index (χ1) is 13.6. The number of halogens is 1. The van der Waals surface area contributed by atoms with E-state index in [2.05, 4.69) is 4.90 Å². The Morgan fingerprint density at radius 2 is 2.14 bits per heavy atom. The number of hydrogen-bond acceptors (Lipinski definition) is 6. The Hall–Kier alpha value is -1.70. The monoisotopic (exact) mass is 393 g/mol. The summed E-state index contributed by atoms with van der Waals surface area (Å²) in [6.45, 7) is 6.09. The van der Waals surface area contributed by atoms with Gasteiger partial charge in [0.25, 0.3) is 0 Å². The molecular weight excluding hydrogens is 365 g/mol. The Kier molecular flexibility index (Phi) is 5.85. The summed E-state index contributed by atoms with van der Waals surface area (Å²) in [4.78, 5) is 14.6. The van der Waals surface area contributed by atoms with E-state index in [1.165, 1.54) is 18.2 Å². The predicted molar refractivity (Wildman–Crippen MR) is 100 cm³/mol. The van der Waals surface area contributed by atoms with Gasteiger partial charge in [-0.2, -0.15) is 0 Å². The van der Waals surface area contributed by atoms with E-state index >= 15 is 0 Å². The van der Waals surface area contributed by atoms with E-state index in [4.69, 9.17) is 18.9 Å². The zero-order chi connectivity index (χ0) is 19.6. The van der Waals surface area contributed by atoms with Crippen LogP contribution in [0.1, 0.15) is 43.0 Å². The molecule has 28 heavy (non-hydrogen) atoms. The van der Waals surface area contributed by atoms with E-state index in [0.717, 1.165) is 38.8 Å². The molecular formula is C21H28FNO5. The van der Waals surface area contributed by atoms with Crippen molar-refractivity contribution < 1.29 is 28.1 Å². The summed E-state index contributed by atoms with van der Waals surface area (Å²) >= 11 is 0. The summed E-state index contributed by atoms with van der Waals surface area (Å²) in [5.41, 5.74) is -0.212. The van der Waals surface area contributed by atoms with Gasteiger partial charge in [-0.3, -0.25) is 4.90 Å². The number of carbonyl (C=O) groups is 1. The molecule has 0 aromatic heterocycles. The van der Waals surface area contributed by atoms with Gasteiger partial charge in [-0.1, -0.05) is 6.92 Å². The van der Waals surface area contributed by atoms with Crippen LogP contribution in [0, 0.1) is 5.82 Å². The minimum Gasteiger partial charge on any atom is -0.481 e. The van der Waals surface area contributed by atoms with Crippen molar-refractivity contribution in [3.05, 3.63) is 29.6 Å². The highest BCUT2D eigenvalue weighted by atomic mass is 19.1. The largest absolute Gasteiger partial charge is 0.481 e. The molecule has 3 unspecified atom stereocenters. The minimum atomic E-state index is -0.511. The van der Waals surface area contributed by atoms with E-state index in [1.807, 2.05) is 6.92 Å². The number of rotatable bonds is 7. The molecule has 0 saturated carbocycles. The average molecular weight is 393 g/mol. The quantitative estimate of drug-likeness (QED) is 0.664. The molecule has 0 N–H and O–H groups in total. The third-order valence-electron chi connectivity index (χ3n) is 6.09. The summed E-state index contributed by atoms with van der Waals surface area (Å²) in [6.07, 6.45) is 3.66. The lowest BCUT2D eigenvalue weighted by atomic mass is 9.82. The fraction of sp³-hybridized carbons (Fsp3) is 0.667. The SMILES string of the molecule is CCC1(Oc2cc(C(=O)OCCN3CCOCC3)ccc2F)CC2CCC1O2. The zero-order valence-corrected chi connectivity index (χ0v) is 16.3. The van der Waals surface area contributed by atoms with Crippen molar-refractivity contribution in [2.24, 2.45) is 0 Å².